The number of hydrogen-bond acceptors (Lipinski definition) is 3. The lowest BCUT2D eigenvalue weighted by atomic mass is 10.3. The SMILES string of the molecule is O=c1c2ccnn2ccn1CCCCNC1CC1. The predicted molar refractivity (Wildman–Crippen MR) is 69.7 cm³/mol. The highest BCUT2D eigenvalue weighted by atomic mass is 16.1. The molecule has 1 aliphatic rings. The molecule has 2 aromatic rings. The van der Waals surface area contributed by atoms with Crippen LogP contribution in [0.15, 0.2) is 29.5 Å². The molecule has 0 radical (unpaired) electrons. The van der Waals surface area contributed by atoms with Crippen molar-refractivity contribution in [2.45, 2.75) is 38.3 Å². The Morgan fingerprint density at radius 3 is 3.06 bits per heavy atom. The molecular weight excluding hydrogens is 228 g/mol. The van der Waals surface area contributed by atoms with Crippen LogP contribution in [0.3, 0.4) is 0 Å². The first kappa shape index (κ1) is 11.5. The number of aryl methyl sites for hydroxylation is 1. The van der Waals surface area contributed by atoms with Crippen molar-refractivity contribution in [3.8, 4) is 0 Å². The van der Waals surface area contributed by atoms with Gasteiger partial charge in [-0.1, -0.05) is 0 Å². The van der Waals surface area contributed by atoms with E-state index in [0.717, 1.165) is 32.0 Å². The number of nitrogens with zero attached hydrogens (tertiary/aromatic N) is 3. The molecule has 2 aromatic heterocycles. The van der Waals surface area contributed by atoms with Crippen LogP contribution >= 0.6 is 0 Å². The van der Waals surface area contributed by atoms with Gasteiger partial charge in [0.05, 0.1) is 6.20 Å². The summed E-state index contributed by atoms with van der Waals surface area (Å²) in [5.74, 6) is 0. The third kappa shape index (κ3) is 2.46. The summed E-state index contributed by atoms with van der Waals surface area (Å²) in [6.07, 6.45) is 10.1. The van der Waals surface area contributed by atoms with Crippen molar-refractivity contribution in [1.29, 1.82) is 0 Å². The van der Waals surface area contributed by atoms with Gasteiger partial charge < -0.3 is 9.88 Å². The molecule has 1 N–H and O–H groups in total. The third-order valence-electron chi connectivity index (χ3n) is 3.37. The lowest BCUT2D eigenvalue weighted by Crippen LogP contribution is -2.22. The zero-order chi connectivity index (χ0) is 12.4. The van der Waals surface area contributed by atoms with Crippen molar-refractivity contribution in [2.24, 2.45) is 0 Å². The average molecular weight is 246 g/mol. The summed E-state index contributed by atoms with van der Waals surface area (Å²) in [6.45, 7) is 1.85. The summed E-state index contributed by atoms with van der Waals surface area (Å²) in [6, 6.07) is 2.53. The second-order valence-corrected chi connectivity index (χ2v) is 4.89. The first-order valence-electron chi connectivity index (χ1n) is 6.61. The fraction of sp³-hybridized carbons (Fsp3) is 0.538. The van der Waals surface area contributed by atoms with E-state index in [0.29, 0.717) is 5.52 Å². The van der Waals surface area contributed by atoms with Crippen LogP contribution in [0.1, 0.15) is 25.7 Å². The van der Waals surface area contributed by atoms with Crippen molar-refractivity contribution < 1.29 is 0 Å². The average Bonchev–Trinajstić information content (AvgIpc) is 3.06. The maximum atomic E-state index is 12.1. The van der Waals surface area contributed by atoms with E-state index in [2.05, 4.69) is 10.4 Å². The Hall–Kier alpha value is -1.62. The summed E-state index contributed by atoms with van der Waals surface area (Å²) < 4.78 is 3.39. The number of rotatable bonds is 6. The molecule has 1 fully saturated rings. The van der Waals surface area contributed by atoms with Gasteiger partial charge in [0, 0.05) is 25.0 Å². The fourth-order valence-electron chi connectivity index (χ4n) is 2.14. The minimum Gasteiger partial charge on any atom is -0.314 e. The molecule has 5 nitrogen and oxygen atoms in total. The van der Waals surface area contributed by atoms with Gasteiger partial charge >= 0.3 is 0 Å². The lowest BCUT2D eigenvalue weighted by Gasteiger charge is -2.06. The molecule has 0 saturated heterocycles. The molecule has 0 unspecified atom stereocenters. The van der Waals surface area contributed by atoms with Crippen LogP contribution in [0.5, 0.6) is 0 Å². The molecule has 0 bridgehead atoms. The van der Waals surface area contributed by atoms with Gasteiger partial charge in [-0.05, 0) is 38.3 Å². The van der Waals surface area contributed by atoms with Crippen molar-refractivity contribution in [2.75, 3.05) is 6.54 Å². The van der Waals surface area contributed by atoms with Crippen LogP contribution in [-0.4, -0.2) is 26.8 Å². The fourth-order valence-corrected chi connectivity index (χ4v) is 2.14. The van der Waals surface area contributed by atoms with E-state index >= 15 is 0 Å². The zero-order valence-electron chi connectivity index (χ0n) is 10.4. The molecule has 0 aromatic carbocycles. The van der Waals surface area contributed by atoms with Crippen LogP contribution in [0.25, 0.3) is 5.52 Å². The maximum Gasteiger partial charge on any atom is 0.276 e. The van der Waals surface area contributed by atoms with Gasteiger partial charge in [-0.3, -0.25) is 4.79 Å². The monoisotopic (exact) mass is 246 g/mol. The molecule has 0 aliphatic heterocycles. The summed E-state index contributed by atoms with van der Waals surface area (Å²) >= 11 is 0. The van der Waals surface area contributed by atoms with Crippen LogP contribution < -0.4 is 10.9 Å². The summed E-state index contributed by atoms with van der Waals surface area (Å²) in [5, 5.41) is 7.53. The number of aromatic nitrogens is 3. The Balaban J connectivity index is 1.56. The molecule has 5 heteroatoms. The Labute approximate surface area is 105 Å². The molecule has 96 valence electrons. The Morgan fingerprint density at radius 1 is 1.33 bits per heavy atom. The molecule has 2 heterocycles. The van der Waals surface area contributed by atoms with E-state index in [1.54, 1.807) is 21.3 Å². The van der Waals surface area contributed by atoms with Crippen molar-refractivity contribution in [1.82, 2.24) is 19.5 Å². The zero-order valence-corrected chi connectivity index (χ0v) is 10.4. The van der Waals surface area contributed by atoms with E-state index in [9.17, 15) is 4.79 Å². The first-order chi connectivity index (χ1) is 8.84. The van der Waals surface area contributed by atoms with Crippen LogP contribution in [0.2, 0.25) is 0 Å². The minimum absolute atomic E-state index is 0.0464. The first-order valence-corrected chi connectivity index (χ1v) is 6.61. The van der Waals surface area contributed by atoms with E-state index < -0.39 is 0 Å². The molecular formula is C13H18N4O. The number of unbranched alkanes of at least 4 members (excludes halogenated alkanes) is 1. The molecule has 1 saturated carbocycles. The summed E-state index contributed by atoms with van der Waals surface area (Å²) in [5.41, 5.74) is 0.693. The second-order valence-electron chi connectivity index (χ2n) is 4.89. The quantitative estimate of drug-likeness (QED) is 0.774. The Kier molecular flexibility index (Phi) is 3.15. The van der Waals surface area contributed by atoms with Crippen LogP contribution in [0.4, 0.5) is 0 Å². The van der Waals surface area contributed by atoms with Crippen LogP contribution in [0, 0.1) is 0 Å². The summed E-state index contributed by atoms with van der Waals surface area (Å²) in [4.78, 5) is 12.1. The molecule has 0 atom stereocenters. The molecule has 0 amide bonds. The highest BCUT2D eigenvalue weighted by Gasteiger charge is 2.19. The minimum atomic E-state index is 0.0464. The number of hydrogen-bond donors (Lipinski definition) is 1. The number of nitrogens with one attached hydrogen (secondary N) is 1. The van der Waals surface area contributed by atoms with Gasteiger partial charge in [-0.25, -0.2) is 4.52 Å². The van der Waals surface area contributed by atoms with E-state index in [1.165, 1.54) is 12.8 Å². The third-order valence-corrected chi connectivity index (χ3v) is 3.37. The van der Waals surface area contributed by atoms with Gasteiger partial charge in [-0.2, -0.15) is 5.10 Å². The maximum absolute atomic E-state index is 12.1. The summed E-state index contributed by atoms with van der Waals surface area (Å²) in [7, 11) is 0. The molecule has 1 aliphatic carbocycles. The van der Waals surface area contributed by atoms with Gasteiger partial charge in [0.15, 0.2) is 0 Å². The Morgan fingerprint density at radius 2 is 2.22 bits per heavy atom. The Bertz CT molecular complexity index is 582. The standard InChI is InChI=1S/C13H18N4O/c18-13-12-5-7-15-17(12)10-9-16(13)8-2-1-6-14-11-3-4-11/h5,7,9-11,14H,1-4,6,8H2. The van der Waals surface area contributed by atoms with Gasteiger partial charge in [-0.15, -0.1) is 0 Å². The lowest BCUT2D eigenvalue weighted by molar-refractivity contribution is 0.556. The van der Waals surface area contributed by atoms with Gasteiger partial charge in [0.2, 0.25) is 0 Å². The topological polar surface area (TPSA) is 51.3 Å². The normalized spacial score (nSPS) is 15.3. The highest BCUT2D eigenvalue weighted by molar-refractivity contribution is 5.42. The largest absolute Gasteiger partial charge is 0.314 e. The van der Waals surface area contributed by atoms with E-state index in [-0.39, 0.29) is 5.56 Å². The molecule has 0 spiro atoms. The van der Waals surface area contributed by atoms with Gasteiger partial charge in [0.1, 0.15) is 5.52 Å². The predicted octanol–water partition coefficient (Wildman–Crippen LogP) is 1.03. The second kappa shape index (κ2) is 4.94. The number of fused-ring (bicyclic) bond motifs is 1. The van der Waals surface area contributed by atoms with Crippen molar-refractivity contribution in [3.63, 3.8) is 0 Å². The van der Waals surface area contributed by atoms with Crippen molar-refractivity contribution in [3.05, 3.63) is 35.0 Å². The molecule has 3 rings (SSSR count). The van der Waals surface area contributed by atoms with Crippen LogP contribution in [-0.2, 0) is 6.54 Å². The highest BCUT2D eigenvalue weighted by Crippen LogP contribution is 2.18. The van der Waals surface area contributed by atoms with Crippen molar-refractivity contribution >= 4 is 5.52 Å². The molecule has 18 heavy (non-hydrogen) atoms. The van der Waals surface area contributed by atoms with E-state index in [4.69, 9.17) is 0 Å². The van der Waals surface area contributed by atoms with E-state index in [1.807, 2.05) is 12.4 Å². The van der Waals surface area contributed by atoms with Gasteiger partial charge in [0.25, 0.3) is 5.56 Å². The smallest absolute Gasteiger partial charge is 0.276 e.